The third-order valence-corrected chi connectivity index (χ3v) is 13.8. The quantitative estimate of drug-likeness (QED) is 0.0180. The van der Waals surface area contributed by atoms with Gasteiger partial charge >= 0.3 is 0 Å². The predicted octanol–water partition coefficient (Wildman–Crippen LogP) is 15.1. The van der Waals surface area contributed by atoms with Gasteiger partial charge in [0.05, 0.1) is 37.8 Å². The van der Waals surface area contributed by atoms with Crippen LogP contribution in [-0.2, 0) is 25.7 Å². The molecule has 0 aliphatic heterocycles. The fourth-order valence-electron chi connectivity index (χ4n) is 10.0. The van der Waals surface area contributed by atoms with Crippen LogP contribution in [0.4, 0.5) is 11.4 Å². The molecule has 0 fully saturated rings. The fourth-order valence-corrected chi connectivity index (χ4v) is 10.0. The highest BCUT2D eigenvalue weighted by molar-refractivity contribution is 5.80. The molecule has 0 spiro atoms. The lowest BCUT2D eigenvalue weighted by Gasteiger charge is -2.23. The summed E-state index contributed by atoms with van der Waals surface area (Å²) in [5.74, 6) is 3.56. The second kappa shape index (κ2) is 33.4. The van der Waals surface area contributed by atoms with Crippen molar-refractivity contribution in [1.82, 2.24) is 0 Å². The number of nitrogens with zero attached hydrogens (tertiary/aromatic N) is 2. The van der Waals surface area contributed by atoms with Crippen LogP contribution in [0.25, 0.3) is 0 Å². The molecule has 10 nitrogen and oxygen atoms in total. The van der Waals surface area contributed by atoms with E-state index in [0.29, 0.717) is 63.5 Å². The van der Waals surface area contributed by atoms with Gasteiger partial charge < -0.3 is 41.9 Å². The molecule has 72 heavy (non-hydrogen) atoms. The summed E-state index contributed by atoms with van der Waals surface area (Å²) in [5, 5.41) is 0. The van der Waals surface area contributed by atoms with Gasteiger partial charge in [-0.2, -0.15) is 0 Å². The molecule has 5 rings (SSSR count). The zero-order valence-electron chi connectivity index (χ0n) is 45.2. The summed E-state index contributed by atoms with van der Waals surface area (Å²) in [6, 6.07) is 21.5. The average molecular weight is 987 g/mol. The SMILES string of the molecule is CCCCCCCCOc1c2cccc1Cc1cc(N=C(N)N)cc(c1OCCCCCCCC)Cc1cccc(c1OCCCCCCCC)Cc1cc(N=C(N)N)cc(c1OCCCCCCCC)C2. The number of nitrogens with two attached hydrogens (primary N) is 4. The number of hydrogen-bond acceptors (Lipinski definition) is 6. The molecule has 0 unspecified atom stereocenters. The first-order chi connectivity index (χ1) is 35.2. The van der Waals surface area contributed by atoms with E-state index in [2.05, 4.69) is 98.3 Å². The summed E-state index contributed by atoms with van der Waals surface area (Å²) in [6.45, 7) is 11.5. The molecule has 4 aromatic carbocycles. The molecule has 396 valence electrons. The molecule has 0 amide bonds. The number of unbranched alkanes of at least 4 members (excludes halogenated alkanes) is 20. The van der Waals surface area contributed by atoms with Crippen molar-refractivity contribution in [2.75, 3.05) is 26.4 Å². The molecule has 1 aliphatic rings. The lowest BCUT2D eigenvalue weighted by atomic mass is 9.90. The number of benzene rings is 4. The van der Waals surface area contributed by atoms with E-state index < -0.39 is 0 Å². The van der Waals surface area contributed by atoms with Crippen LogP contribution in [0.15, 0.2) is 70.6 Å². The van der Waals surface area contributed by atoms with E-state index in [1.54, 1.807) is 0 Å². The summed E-state index contributed by atoms with van der Waals surface area (Å²) in [5.41, 5.74) is 34.3. The molecule has 0 saturated heterocycles. The minimum Gasteiger partial charge on any atom is -0.493 e. The number of hydrogen-bond donors (Lipinski definition) is 4. The van der Waals surface area contributed by atoms with Gasteiger partial charge in [-0.1, -0.05) is 193 Å². The van der Waals surface area contributed by atoms with E-state index in [1.807, 2.05) is 0 Å². The molecule has 0 aromatic heterocycles. The maximum Gasteiger partial charge on any atom is 0.191 e. The van der Waals surface area contributed by atoms with Crippen LogP contribution in [0.3, 0.4) is 0 Å². The summed E-state index contributed by atoms with van der Waals surface area (Å²) in [7, 11) is 0. The summed E-state index contributed by atoms with van der Waals surface area (Å²) in [6.07, 6.45) is 30.4. The van der Waals surface area contributed by atoms with Crippen molar-refractivity contribution >= 4 is 23.3 Å². The first kappa shape index (κ1) is 57.5. The Morgan fingerprint density at radius 1 is 0.333 bits per heavy atom. The third kappa shape index (κ3) is 19.9. The molecule has 10 heteroatoms. The van der Waals surface area contributed by atoms with Gasteiger partial charge in [0.2, 0.25) is 0 Å². The Morgan fingerprint density at radius 3 is 0.792 bits per heavy atom. The van der Waals surface area contributed by atoms with E-state index in [9.17, 15) is 0 Å². The van der Waals surface area contributed by atoms with Gasteiger partial charge in [0.25, 0.3) is 0 Å². The Balaban J connectivity index is 1.71. The smallest absolute Gasteiger partial charge is 0.191 e. The Morgan fingerprint density at radius 2 is 0.556 bits per heavy atom. The Bertz CT molecular complexity index is 2000. The van der Waals surface area contributed by atoms with E-state index in [1.165, 1.54) is 103 Å². The zero-order valence-corrected chi connectivity index (χ0v) is 45.2. The lowest BCUT2D eigenvalue weighted by Crippen LogP contribution is -2.22. The Kier molecular flexibility index (Phi) is 26.7. The topological polar surface area (TPSA) is 166 Å². The van der Waals surface area contributed by atoms with Crippen LogP contribution in [-0.4, -0.2) is 38.3 Å². The van der Waals surface area contributed by atoms with Crippen molar-refractivity contribution < 1.29 is 18.9 Å². The van der Waals surface area contributed by atoms with Crippen molar-refractivity contribution in [2.24, 2.45) is 32.9 Å². The van der Waals surface area contributed by atoms with Crippen molar-refractivity contribution in [3.63, 3.8) is 0 Å². The Labute approximate surface area is 435 Å². The van der Waals surface area contributed by atoms with Crippen molar-refractivity contribution in [2.45, 2.75) is 207 Å². The van der Waals surface area contributed by atoms with Crippen LogP contribution in [0.2, 0.25) is 0 Å². The highest BCUT2D eigenvalue weighted by Gasteiger charge is 2.24. The van der Waals surface area contributed by atoms with Crippen molar-refractivity contribution in [1.29, 1.82) is 0 Å². The number of guanidine groups is 2. The molecule has 0 heterocycles. The van der Waals surface area contributed by atoms with Gasteiger partial charge in [-0.3, -0.25) is 0 Å². The second-order valence-electron chi connectivity index (χ2n) is 20.2. The maximum absolute atomic E-state index is 7.02. The van der Waals surface area contributed by atoms with Crippen LogP contribution in [0, 0.1) is 0 Å². The van der Waals surface area contributed by atoms with E-state index >= 15 is 0 Å². The van der Waals surface area contributed by atoms with Gasteiger partial charge in [-0.05, 0) is 72.2 Å². The normalized spacial score (nSPS) is 12.1. The fraction of sp³-hybridized carbons (Fsp3) is 0.581. The molecule has 4 aromatic rings. The minimum atomic E-state index is 0.0143. The third-order valence-electron chi connectivity index (χ3n) is 13.8. The average Bonchev–Trinajstić information content (AvgIpc) is 3.34. The van der Waals surface area contributed by atoms with Gasteiger partial charge in [-0.25, -0.2) is 9.98 Å². The van der Waals surface area contributed by atoms with Gasteiger partial charge in [0.1, 0.15) is 23.0 Å². The number of fused-ring (bicyclic) bond motifs is 8. The van der Waals surface area contributed by atoms with E-state index in [0.717, 1.165) is 119 Å². The van der Waals surface area contributed by atoms with Crippen LogP contribution < -0.4 is 41.9 Å². The summed E-state index contributed by atoms with van der Waals surface area (Å²) < 4.78 is 28.1. The van der Waals surface area contributed by atoms with Crippen molar-refractivity contribution in [3.05, 3.63) is 105 Å². The van der Waals surface area contributed by atoms with Gasteiger partial charge in [0, 0.05) is 47.9 Å². The van der Waals surface area contributed by atoms with E-state index in [4.69, 9.17) is 41.9 Å². The largest absolute Gasteiger partial charge is 0.493 e. The number of aliphatic imine (C=N–C) groups is 2. The van der Waals surface area contributed by atoms with E-state index in [-0.39, 0.29) is 11.9 Å². The lowest BCUT2D eigenvalue weighted by molar-refractivity contribution is 0.293. The van der Waals surface area contributed by atoms with Crippen LogP contribution in [0.1, 0.15) is 226 Å². The second-order valence-corrected chi connectivity index (χ2v) is 20.2. The molecule has 0 atom stereocenters. The number of para-hydroxylation sites is 2. The molecule has 0 saturated carbocycles. The highest BCUT2D eigenvalue weighted by Crippen LogP contribution is 2.42. The molecule has 0 radical (unpaired) electrons. The number of rotatable bonds is 34. The summed E-state index contributed by atoms with van der Waals surface area (Å²) >= 11 is 0. The molecule has 8 N–H and O–H groups in total. The maximum atomic E-state index is 7.02. The first-order valence-electron chi connectivity index (χ1n) is 28.5. The Hall–Kier alpha value is -5.38. The molecule has 8 bridgehead atoms. The van der Waals surface area contributed by atoms with Gasteiger partial charge in [-0.15, -0.1) is 0 Å². The van der Waals surface area contributed by atoms with Crippen LogP contribution in [0.5, 0.6) is 23.0 Å². The highest BCUT2D eigenvalue weighted by atomic mass is 16.5. The molecular weight excluding hydrogens is 893 g/mol. The minimum absolute atomic E-state index is 0.0143. The monoisotopic (exact) mass is 987 g/mol. The van der Waals surface area contributed by atoms with Crippen molar-refractivity contribution in [3.8, 4) is 23.0 Å². The zero-order chi connectivity index (χ0) is 51.2. The summed E-state index contributed by atoms with van der Waals surface area (Å²) in [4.78, 5) is 9.35. The standard InChI is InChI=1S/C62H94N6O4/c1-5-9-13-17-21-25-35-69-57-47-31-29-32-48(57)40-52-44-56(68-62(65)66)46-54(60(52)72-38-28-24-20-16-12-8-4)42-50-34-30-33-49(58(50)70-36-26-22-18-14-10-6-2)41-53-45-55(67-61(63)64)43-51(39-47)59(53)71-37-27-23-19-15-11-7-3/h29-34,43-46H,5-28,35-42H2,1-4H3,(H4,63,64,67)(H4,65,66,68). The van der Waals surface area contributed by atoms with Crippen LogP contribution >= 0.6 is 0 Å². The molecular formula is C62H94N6O4. The van der Waals surface area contributed by atoms with Gasteiger partial charge in [0.15, 0.2) is 11.9 Å². The first-order valence-corrected chi connectivity index (χ1v) is 28.5. The predicted molar refractivity (Wildman–Crippen MR) is 303 cm³/mol. The molecule has 1 aliphatic carbocycles. The number of ether oxygens (including phenoxy) is 4.